The van der Waals surface area contributed by atoms with Crippen molar-refractivity contribution in [3.63, 3.8) is 0 Å². The topological polar surface area (TPSA) is 117 Å². The number of hydrogen-bond donors (Lipinski definition) is 1. The van der Waals surface area contributed by atoms with E-state index in [4.69, 9.17) is 11.6 Å². The summed E-state index contributed by atoms with van der Waals surface area (Å²) in [6, 6.07) is 4.14. The van der Waals surface area contributed by atoms with Gasteiger partial charge in [0.2, 0.25) is 5.95 Å². The fourth-order valence-electron chi connectivity index (χ4n) is 3.73. The van der Waals surface area contributed by atoms with Gasteiger partial charge in [-0.15, -0.1) is 0 Å². The van der Waals surface area contributed by atoms with E-state index in [2.05, 4.69) is 32.1 Å². The maximum absolute atomic E-state index is 14.5. The van der Waals surface area contributed by atoms with Gasteiger partial charge in [-0.1, -0.05) is 18.2 Å². The molecule has 5 aromatic rings. The van der Waals surface area contributed by atoms with Crippen molar-refractivity contribution >= 4 is 40.3 Å². The summed E-state index contributed by atoms with van der Waals surface area (Å²) in [4.78, 5) is 34.3. The van der Waals surface area contributed by atoms with Crippen LogP contribution in [0.15, 0.2) is 53.0 Å². The maximum atomic E-state index is 14.5. The molecule has 11 nitrogen and oxygen atoms in total. The number of hydrogen-bond acceptors (Lipinski definition) is 7. The van der Waals surface area contributed by atoms with Crippen molar-refractivity contribution in [2.24, 2.45) is 7.05 Å². The van der Waals surface area contributed by atoms with Crippen molar-refractivity contribution in [3.8, 4) is 0 Å². The van der Waals surface area contributed by atoms with Gasteiger partial charge in [0.1, 0.15) is 12.1 Å². The standard InChI is InChI=1S/C23H17ClF3N9O2/c1-3-34-8-13-5-19(14(24)6-18(13)31-34)29-21-30-22(37)36(10-20-28-11-33(2)32-20)23(38)35(21)9-12-4-16(26)17(27)7-15(12)25/h3-8,11H,1,9-10H2,2H3,(H,29,30,37). The van der Waals surface area contributed by atoms with Crippen LogP contribution in [0.5, 0.6) is 0 Å². The van der Waals surface area contributed by atoms with Crippen LogP contribution in [0.1, 0.15) is 11.4 Å². The van der Waals surface area contributed by atoms with E-state index >= 15 is 0 Å². The van der Waals surface area contributed by atoms with Gasteiger partial charge in [0.15, 0.2) is 17.5 Å². The fourth-order valence-corrected chi connectivity index (χ4v) is 3.94. The molecule has 0 aliphatic heterocycles. The summed E-state index contributed by atoms with van der Waals surface area (Å²) >= 11 is 6.40. The van der Waals surface area contributed by atoms with Crippen LogP contribution in [0.3, 0.4) is 0 Å². The fraction of sp³-hybridized carbons (Fsp3) is 0.130. The van der Waals surface area contributed by atoms with Crippen LogP contribution in [0.4, 0.5) is 24.8 Å². The van der Waals surface area contributed by atoms with Crippen molar-refractivity contribution in [3.05, 3.63) is 98.2 Å². The predicted molar refractivity (Wildman–Crippen MR) is 133 cm³/mol. The van der Waals surface area contributed by atoms with E-state index in [9.17, 15) is 22.8 Å². The van der Waals surface area contributed by atoms with Crippen molar-refractivity contribution in [1.82, 2.24) is 38.7 Å². The maximum Gasteiger partial charge on any atom is 0.355 e. The number of benzene rings is 2. The van der Waals surface area contributed by atoms with Crippen molar-refractivity contribution in [2.75, 3.05) is 5.32 Å². The van der Waals surface area contributed by atoms with Crippen LogP contribution in [0.25, 0.3) is 17.1 Å². The first-order valence-corrected chi connectivity index (χ1v) is 11.3. The number of nitrogens with one attached hydrogen (secondary N) is 1. The minimum absolute atomic E-state index is 0.146. The second-order valence-corrected chi connectivity index (χ2v) is 8.58. The third kappa shape index (κ3) is 4.68. The molecule has 0 saturated heterocycles. The zero-order chi connectivity index (χ0) is 27.1. The molecule has 0 atom stereocenters. The van der Waals surface area contributed by atoms with Gasteiger partial charge in [-0.3, -0.25) is 9.25 Å². The average Bonchev–Trinajstić information content (AvgIpc) is 3.47. The summed E-state index contributed by atoms with van der Waals surface area (Å²) in [5, 5.41) is 11.9. The van der Waals surface area contributed by atoms with Crippen LogP contribution in [-0.4, -0.2) is 38.7 Å². The second kappa shape index (κ2) is 9.63. The van der Waals surface area contributed by atoms with Crippen LogP contribution in [-0.2, 0) is 20.1 Å². The zero-order valence-corrected chi connectivity index (χ0v) is 20.3. The molecule has 0 aliphatic carbocycles. The number of halogens is 4. The third-order valence-corrected chi connectivity index (χ3v) is 5.87. The lowest BCUT2D eigenvalue weighted by Gasteiger charge is -2.16. The van der Waals surface area contributed by atoms with Crippen LogP contribution in [0, 0.1) is 17.5 Å². The highest BCUT2D eigenvalue weighted by molar-refractivity contribution is 6.34. The SMILES string of the molecule is C=Cn1cc2cc(Nc3nc(=O)n(Cc4ncn(C)n4)c(=O)n3Cc3cc(F)c(F)cc3F)c(Cl)cc2n1. The molecule has 194 valence electrons. The molecule has 3 heterocycles. The molecule has 0 bridgehead atoms. The summed E-state index contributed by atoms with van der Waals surface area (Å²) < 4.78 is 46.4. The first kappa shape index (κ1) is 25.0. The molecule has 5 rings (SSSR count). The largest absolute Gasteiger partial charge is 0.355 e. The Morgan fingerprint density at radius 2 is 1.79 bits per heavy atom. The van der Waals surface area contributed by atoms with E-state index in [-0.39, 0.29) is 34.6 Å². The summed E-state index contributed by atoms with van der Waals surface area (Å²) in [6.07, 6.45) is 4.52. The molecule has 15 heteroatoms. The van der Waals surface area contributed by atoms with Gasteiger partial charge in [-0.05, 0) is 18.2 Å². The lowest BCUT2D eigenvalue weighted by atomic mass is 10.2. The van der Waals surface area contributed by atoms with Crippen molar-refractivity contribution in [1.29, 1.82) is 0 Å². The van der Waals surface area contributed by atoms with Gasteiger partial charge in [0.25, 0.3) is 0 Å². The first-order valence-electron chi connectivity index (χ1n) is 10.9. The average molecular weight is 544 g/mol. The zero-order valence-electron chi connectivity index (χ0n) is 19.6. The molecule has 0 amide bonds. The smallest absolute Gasteiger partial charge is 0.324 e. The number of fused-ring (bicyclic) bond motifs is 1. The number of anilines is 2. The van der Waals surface area contributed by atoms with E-state index in [0.717, 1.165) is 9.13 Å². The minimum Gasteiger partial charge on any atom is -0.324 e. The Kier molecular flexibility index (Phi) is 6.32. The summed E-state index contributed by atoms with van der Waals surface area (Å²) in [5.41, 5.74) is -1.44. The molecule has 0 fully saturated rings. The summed E-state index contributed by atoms with van der Waals surface area (Å²) in [7, 11) is 1.61. The Hall–Kier alpha value is -4.72. The van der Waals surface area contributed by atoms with Crippen molar-refractivity contribution < 1.29 is 13.2 Å². The van der Waals surface area contributed by atoms with Gasteiger partial charge in [-0.25, -0.2) is 37.0 Å². The Bertz CT molecular complexity index is 1840. The van der Waals surface area contributed by atoms with Crippen molar-refractivity contribution in [2.45, 2.75) is 13.1 Å². The van der Waals surface area contributed by atoms with E-state index in [0.29, 0.717) is 23.0 Å². The van der Waals surface area contributed by atoms with E-state index in [1.165, 1.54) is 21.9 Å². The molecule has 38 heavy (non-hydrogen) atoms. The van der Waals surface area contributed by atoms with Crippen LogP contribution in [0.2, 0.25) is 5.02 Å². The molecule has 0 spiro atoms. The molecular formula is C23H17ClF3N9O2. The second-order valence-electron chi connectivity index (χ2n) is 8.17. The highest BCUT2D eigenvalue weighted by atomic mass is 35.5. The Balaban J connectivity index is 1.64. The molecule has 0 radical (unpaired) electrons. The third-order valence-electron chi connectivity index (χ3n) is 5.56. The molecule has 0 aliphatic rings. The Morgan fingerprint density at radius 3 is 2.50 bits per heavy atom. The highest BCUT2D eigenvalue weighted by Gasteiger charge is 2.19. The van der Waals surface area contributed by atoms with E-state index < -0.39 is 35.4 Å². The Labute approximate surface area is 216 Å². The lowest BCUT2D eigenvalue weighted by Crippen LogP contribution is -2.43. The van der Waals surface area contributed by atoms with Crippen LogP contribution < -0.4 is 16.7 Å². The predicted octanol–water partition coefficient (Wildman–Crippen LogP) is 2.89. The number of aromatic nitrogens is 8. The number of aryl methyl sites for hydroxylation is 1. The molecule has 0 unspecified atom stereocenters. The highest BCUT2D eigenvalue weighted by Crippen LogP contribution is 2.29. The van der Waals surface area contributed by atoms with Gasteiger partial charge < -0.3 is 5.32 Å². The quantitative estimate of drug-likeness (QED) is 0.314. The minimum atomic E-state index is -1.39. The number of nitrogens with zero attached hydrogens (tertiary/aromatic N) is 8. The Morgan fingerprint density at radius 1 is 1.03 bits per heavy atom. The molecular weight excluding hydrogens is 527 g/mol. The van der Waals surface area contributed by atoms with Gasteiger partial charge in [0, 0.05) is 36.5 Å². The van der Waals surface area contributed by atoms with E-state index in [1.54, 1.807) is 25.4 Å². The summed E-state index contributed by atoms with van der Waals surface area (Å²) in [5.74, 6) is -3.96. The molecule has 2 aromatic carbocycles. The lowest BCUT2D eigenvalue weighted by molar-refractivity contribution is 0.485. The van der Waals surface area contributed by atoms with Crippen LogP contribution >= 0.6 is 11.6 Å². The summed E-state index contributed by atoms with van der Waals surface area (Å²) in [6.45, 7) is 2.71. The van der Waals surface area contributed by atoms with Gasteiger partial charge in [-0.2, -0.15) is 15.2 Å². The molecule has 0 saturated carbocycles. The van der Waals surface area contributed by atoms with Gasteiger partial charge in [0.05, 0.1) is 29.3 Å². The molecule has 1 N–H and O–H groups in total. The monoisotopic (exact) mass is 543 g/mol. The normalized spacial score (nSPS) is 11.3. The first-order chi connectivity index (χ1) is 18.1. The number of rotatable bonds is 7. The molecule has 3 aromatic heterocycles. The van der Waals surface area contributed by atoms with Gasteiger partial charge >= 0.3 is 11.4 Å². The van der Waals surface area contributed by atoms with E-state index in [1.807, 2.05) is 0 Å².